The van der Waals surface area contributed by atoms with Crippen LogP contribution in [0.15, 0.2) is 18.2 Å². The minimum absolute atomic E-state index is 0.0159. The molecule has 1 aliphatic rings. The van der Waals surface area contributed by atoms with Crippen molar-refractivity contribution < 1.29 is 4.79 Å². The van der Waals surface area contributed by atoms with Crippen molar-refractivity contribution in [3.8, 4) is 0 Å². The lowest BCUT2D eigenvalue weighted by Crippen LogP contribution is -2.38. The number of nitrogens with zero attached hydrogens (tertiary/aromatic N) is 1. The number of carbonyl (C=O) groups excluding carboxylic acids is 1. The van der Waals surface area contributed by atoms with Crippen LogP contribution in [0.5, 0.6) is 0 Å². The number of nitrogen functional groups attached to an aromatic ring is 1. The summed E-state index contributed by atoms with van der Waals surface area (Å²) in [6.07, 6.45) is 4.29. The molecule has 1 aliphatic carbocycles. The number of anilines is 2. The highest BCUT2D eigenvalue weighted by molar-refractivity contribution is 6.34. The second-order valence-electron chi connectivity index (χ2n) is 5.10. The van der Waals surface area contributed by atoms with Gasteiger partial charge in [-0.2, -0.15) is 0 Å². The molecule has 0 heterocycles. The average Bonchev–Trinajstić information content (AvgIpc) is 2.28. The van der Waals surface area contributed by atoms with Gasteiger partial charge in [0.2, 0.25) is 5.91 Å². The fraction of sp³-hybridized carbons (Fsp3) is 0.500. The highest BCUT2D eigenvalue weighted by Crippen LogP contribution is 2.25. The SMILES string of the molecule is CN(CCC(=O)Nc1ccc(N)cc1Cl)C1CCC1. The van der Waals surface area contributed by atoms with Crippen LogP contribution < -0.4 is 11.1 Å². The molecule has 1 aromatic rings. The Labute approximate surface area is 118 Å². The van der Waals surface area contributed by atoms with Gasteiger partial charge in [0.15, 0.2) is 0 Å². The highest BCUT2D eigenvalue weighted by atomic mass is 35.5. The van der Waals surface area contributed by atoms with Crippen molar-refractivity contribution in [1.29, 1.82) is 0 Å². The van der Waals surface area contributed by atoms with Crippen molar-refractivity contribution in [3.63, 3.8) is 0 Å². The van der Waals surface area contributed by atoms with Crippen LogP contribution in [-0.2, 0) is 4.79 Å². The van der Waals surface area contributed by atoms with Crippen LogP contribution in [-0.4, -0.2) is 30.4 Å². The maximum atomic E-state index is 11.9. The van der Waals surface area contributed by atoms with Crippen molar-refractivity contribution in [3.05, 3.63) is 23.2 Å². The van der Waals surface area contributed by atoms with E-state index in [0.29, 0.717) is 28.9 Å². The minimum atomic E-state index is -0.0159. The van der Waals surface area contributed by atoms with E-state index in [9.17, 15) is 4.79 Å². The lowest BCUT2D eigenvalue weighted by molar-refractivity contribution is -0.116. The third-order valence-electron chi connectivity index (χ3n) is 3.66. The summed E-state index contributed by atoms with van der Waals surface area (Å²) < 4.78 is 0. The molecular weight excluding hydrogens is 262 g/mol. The van der Waals surface area contributed by atoms with Crippen molar-refractivity contribution >= 4 is 28.9 Å². The van der Waals surface area contributed by atoms with E-state index >= 15 is 0 Å². The number of carbonyl (C=O) groups is 1. The minimum Gasteiger partial charge on any atom is -0.399 e. The number of hydrogen-bond donors (Lipinski definition) is 2. The summed E-state index contributed by atoms with van der Waals surface area (Å²) in [5.74, 6) is -0.0159. The second kappa shape index (κ2) is 6.26. The molecule has 0 saturated heterocycles. The molecule has 0 atom stereocenters. The van der Waals surface area contributed by atoms with Gasteiger partial charge >= 0.3 is 0 Å². The molecule has 5 heteroatoms. The molecule has 0 aromatic heterocycles. The fourth-order valence-electron chi connectivity index (χ4n) is 2.13. The first-order valence-corrected chi connectivity index (χ1v) is 6.99. The zero-order valence-electron chi connectivity index (χ0n) is 11.2. The van der Waals surface area contributed by atoms with Gasteiger partial charge in [0.05, 0.1) is 10.7 Å². The van der Waals surface area contributed by atoms with Crippen molar-refractivity contribution in [2.45, 2.75) is 31.7 Å². The topological polar surface area (TPSA) is 58.4 Å². The zero-order valence-corrected chi connectivity index (χ0v) is 11.9. The first kappa shape index (κ1) is 14.2. The second-order valence-corrected chi connectivity index (χ2v) is 5.51. The molecule has 0 radical (unpaired) electrons. The number of hydrogen-bond acceptors (Lipinski definition) is 3. The molecule has 3 N–H and O–H groups in total. The van der Waals surface area contributed by atoms with Crippen molar-refractivity contribution in [1.82, 2.24) is 4.90 Å². The molecule has 4 nitrogen and oxygen atoms in total. The predicted molar refractivity (Wildman–Crippen MR) is 79.4 cm³/mol. The van der Waals surface area contributed by atoms with E-state index in [2.05, 4.69) is 17.3 Å². The average molecular weight is 282 g/mol. The van der Waals surface area contributed by atoms with Gasteiger partial charge in [-0.05, 0) is 38.1 Å². The van der Waals surface area contributed by atoms with Crippen LogP contribution in [0.4, 0.5) is 11.4 Å². The van der Waals surface area contributed by atoms with Gasteiger partial charge in [0.25, 0.3) is 0 Å². The first-order valence-electron chi connectivity index (χ1n) is 6.61. The lowest BCUT2D eigenvalue weighted by Gasteiger charge is -2.34. The van der Waals surface area contributed by atoms with Crippen molar-refractivity contribution in [2.75, 3.05) is 24.6 Å². The van der Waals surface area contributed by atoms with Crippen LogP contribution >= 0.6 is 11.6 Å². The van der Waals surface area contributed by atoms with E-state index in [0.717, 1.165) is 6.54 Å². The quantitative estimate of drug-likeness (QED) is 0.816. The Morgan fingerprint density at radius 2 is 2.26 bits per heavy atom. The van der Waals surface area contributed by atoms with Gasteiger partial charge in [-0.25, -0.2) is 0 Å². The van der Waals surface area contributed by atoms with E-state index in [1.165, 1.54) is 19.3 Å². The molecular formula is C14H20ClN3O. The molecule has 19 heavy (non-hydrogen) atoms. The van der Waals surface area contributed by atoms with Gasteiger partial charge < -0.3 is 16.0 Å². The fourth-order valence-corrected chi connectivity index (χ4v) is 2.37. The van der Waals surface area contributed by atoms with E-state index in [1.807, 2.05) is 0 Å². The maximum absolute atomic E-state index is 11.9. The predicted octanol–water partition coefficient (Wildman–Crippen LogP) is 2.74. The number of nitrogens with two attached hydrogens (primary N) is 1. The number of benzene rings is 1. The van der Waals surface area contributed by atoms with Gasteiger partial charge in [0, 0.05) is 24.7 Å². The summed E-state index contributed by atoms with van der Waals surface area (Å²) in [6.45, 7) is 0.781. The number of amides is 1. The molecule has 1 aromatic carbocycles. The van der Waals surface area contributed by atoms with E-state index in [4.69, 9.17) is 17.3 Å². The van der Waals surface area contributed by atoms with Crippen LogP contribution in [0.1, 0.15) is 25.7 Å². The van der Waals surface area contributed by atoms with E-state index < -0.39 is 0 Å². The molecule has 104 valence electrons. The Morgan fingerprint density at radius 1 is 1.53 bits per heavy atom. The molecule has 0 bridgehead atoms. The highest BCUT2D eigenvalue weighted by Gasteiger charge is 2.22. The zero-order chi connectivity index (χ0) is 13.8. The molecule has 1 saturated carbocycles. The molecule has 2 rings (SSSR count). The van der Waals surface area contributed by atoms with Crippen LogP contribution in [0.2, 0.25) is 5.02 Å². The number of rotatable bonds is 5. The summed E-state index contributed by atoms with van der Waals surface area (Å²) in [5.41, 5.74) is 6.82. The van der Waals surface area contributed by atoms with Crippen molar-refractivity contribution in [2.24, 2.45) is 0 Å². The Morgan fingerprint density at radius 3 is 2.84 bits per heavy atom. The van der Waals surface area contributed by atoms with Crippen LogP contribution in [0, 0.1) is 0 Å². The van der Waals surface area contributed by atoms with E-state index in [-0.39, 0.29) is 5.91 Å². The Kier molecular flexibility index (Phi) is 4.66. The van der Waals surface area contributed by atoms with Gasteiger partial charge in [-0.15, -0.1) is 0 Å². The monoisotopic (exact) mass is 281 g/mol. The Hall–Kier alpha value is -1.26. The summed E-state index contributed by atoms with van der Waals surface area (Å²) in [6, 6.07) is 5.75. The van der Waals surface area contributed by atoms with Crippen LogP contribution in [0.25, 0.3) is 0 Å². The molecule has 1 fully saturated rings. The molecule has 0 aliphatic heterocycles. The van der Waals surface area contributed by atoms with E-state index in [1.54, 1.807) is 18.2 Å². The summed E-state index contributed by atoms with van der Waals surface area (Å²) in [7, 11) is 2.08. The smallest absolute Gasteiger partial charge is 0.225 e. The molecule has 0 spiro atoms. The Balaban J connectivity index is 1.80. The third-order valence-corrected chi connectivity index (χ3v) is 3.97. The van der Waals surface area contributed by atoms with Crippen LogP contribution in [0.3, 0.4) is 0 Å². The number of nitrogens with one attached hydrogen (secondary N) is 1. The van der Waals surface area contributed by atoms with Gasteiger partial charge in [-0.1, -0.05) is 18.0 Å². The standard InChI is InChI=1S/C14H20ClN3O/c1-18(11-3-2-4-11)8-7-14(19)17-13-6-5-10(16)9-12(13)15/h5-6,9,11H,2-4,7-8,16H2,1H3,(H,17,19). The number of halogens is 1. The Bertz CT molecular complexity index is 460. The summed E-state index contributed by atoms with van der Waals surface area (Å²) in [4.78, 5) is 14.1. The summed E-state index contributed by atoms with van der Waals surface area (Å²) >= 11 is 6.01. The first-order chi connectivity index (χ1) is 9.06. The molecule has 0 unspecified atom stereocenters. The van der Waals surface area contributed by atoms with Gasteiger partial charge in [0.1, 0.15) is 0 Å². The lowest BCUT2D eigenvalue weighted by atomic mass is 9.92. The third kappa shape index (κ3) is 3.85. The normalized spacial score (nSPS) is 15.3. The molecule has 1 amide bonds. The van der Waals surface area contributed by atoms with Gasteiger partial charge in [-0.3, -0.25) is 4.79 Å². The summed E-state index contributed by atoms with van der Waals surface area (Å²) in [5, 5.41) is 3.29. The maximum Gasteiger partial charge on any atom is 0.225 e. The largest absolute Gasteiger partial charge is 0.399 e.